The first kappa shape index (κ1) is 25.3. The molecule has 37 heavy (non-hydrogen) atoms. The van der Waals surface area contributed by atoms with Crippen molar-refractivity contribution in [3.05, 3.63) is 30.0 Å². The Morgan fingerprint density at radius 3 is 2.08 bits per heavy atom. The summed E-state index contributed by atoms with van der Waals surface area (Å²) in [5.74, 6) is -3.32. The molecule has 4 atom stereocenters. The summed E-state index contributed by atoms with van der Waals surface area (Å²) in [4.78, 5) is 47.1. The molecule has 1 fully saturated rings. The van der Waals surface area contributed by atoms with Gasteiger partial charge in [0.15, 0.2) is 28.6 Å². The smallest absolute Gasteiger partial charge is 0.485 e. The number of carbonyl (C=O) groups excluding carboxylic acids is 4. The van der Waals surface area contributed by atoms with Crippen LogP contribution in [0.3, 0.4) is 0 Å². The summed E-state index contributed by atoms with van der Waals surface area (Å²) < 4.78 is 118. The summed E-state index contributed by atoms with van der Waals surface area (Å²) in [5.41, 5.74) is -6.25. The van der Waals surface area contributed by atoms with Crippen molar-refractivity contribution in [2.75, 3.05) is 13.2 Å². The first-order valence-corrected chi connectivity index (χ1v) is 11.4. The van der Waals surface area contributed by atoms with Gasteiger partial charge in [-0.15, -0.1) is 0 Å². The molecule has 1 aromatic rings. The molecule has 1 aromatic heterocycles. The van der Waals surface area contributed by atoms with Gasteiger partial charge in [-0.05, 0) is 13.0 Å². The van der Waals surface area contributed by atoms with Crippen molar-refractivity contribution in [1.29, 1.82) is 0 Å². The van der Waals surface area contributed by atoms with Crippen molar-refractivity contribution in [2.45, 2.75) is 57.7 Å². The van der Waals surface area contributed by atoms with Crippen molar-refractivity contribution < 1.29 is 79.1 Å². The number of carbonyl (C=O) groups is 4. The molecule has 1 aliphatic heterocycles. The number of hydrogen-bond acceptors (Lipinski definition) is 12. The van der Waals surface area contributed by atoms with Crippen LogP contribution in [0.25, 0.3) is 0 Å². The summed E-state index contributed by atoms with van der Waals surface area (Å²) in [6.07, 6.45) is -6.86. The average molecular weight is 563 g/mol. The van der Waals surface area contributed by atoms with Crippen LogP contribution in [0.2, 0.25) is 0 Å². The lowest BCUT2D eigenvalue weighted by atomic mass is 10.1. The second kappa shape index (κ2) is 13.3. The van der Waals surface area contributed by atoms with Crippen LogP contribution in [0.5, 0.6) is 0 Å². The zero-order chi connectivity index (χ0) is 32.0. The molecule has 0 aromatic carbocycles. The molecule has 0 aliphatic carbocycles. The lowest BCUT2D eigenvalue weighted by molar-refractivity contribution is -0.765. The first-order valence-electron chi connectivity index (χ1n) is 12.0. The Bertz CT molecular complexity index is 1300. The molecule has 0 N–H and O–H groups in total. The van der Waals surface area contributed by atoms with E-state index in [0.29, 0.717) is 0 Å². The van der Waals surface area contributed by atoms with Gasteiger partial charge in [0.05, 0.1) is 9.35 Å². The lowest BCUT2D eigenvalue weighted by Gasteiger charge is -2.21. The standard InChI is InChI=1S/C19H24NO9.CHF3O3S/c1-5-25-19(24)14-7-6-8-20(9-14)18-17(28-13(4)23)16(27-12(3)22)15(29-18)10-26-11(2)21;2-1(3,4)8(5,6)7/h6-9,15-18H,5,10H2,1-4H3;(H,5,6,7)/q+1;/p-1/t15-,16-,17-,18-;/m1./s1/i6D,7D,8D,9D;. The minimum absolute atomic E-state index is 0.0668. The molecule has 2 rings (SSSR count). The highest BCUT2D eigenvalue weighted by molar-refractivity contribution is 7.86. The number of alkyl halides is 3. The number of halogens is 3. The van der Waals surface area contributed by atoms with Gasteiger partial charge in [0.1, 0.15) is 21.0 Å². The van der Waals surface area contributed by atoms with E-state index in [1.165, 1.54) is 6.92 Å². The van der Waals surface area contributed by atoms with Crippen molar-refractivity contribution in [3.63, 3.8) is 0 Å². The Morgan fingerprint density at radius 2 is 1.62 bits per heavy atom. The SMILES string of the molecule is O=S(=O)([O-])C(F)(F)F.[2H]c1c([2H])c([2H])[n+]([C@@H]2O[C@H](COC(C)=O)[C@@H](OC(C)=O)[C@H]2OC(C)=O)c([2H])c1C(=O)OCC. The summed E-state index contributed by atoms with van der Waals surface area (Å²) >= 11 is 0. The van der Waals surface area contributed by atoms with Crippen LogP contribution in [-0.4, -0.2) is 73.9 Å². The van der Waals surface area contributed by atoms with Crippen molar-refractivity contribution in [1.82, 2.24) is 0 Å². The number of nitrogens with zero attached hydrogens (tertiary/aromatic N) is 1. The molecular weight excluding hydrogens is 535 g/mol. The normalized spacial score (nSPS) is 22.7. The number of rotatable bonds is 7. The summed E-state index contributed by atoms with van der Waals surface area (Å²) in [5, 5.41) is 0. The van der Waals surface area contributed by atoms with Gasteiger partial charge in [-0.1, -0.05) is 0 Å². The van der Waals surface area contributed by atoms with E-state index in [4.69, 9.17) is 42.1 Å². The predicted octanol–water partition coefficient (Wildman–Crippen LogP) is 0.526. The molecular formula is C20H24F3NO12S. The quantitative estimate of drug-likeness (QED) is 0.148. The van der Waals surface area contributed by atoms with E-state index in [-0.39, 0.29) is 6.61 Å². The molecule has 1 aliphatic rings. The summed E-state index contributed by atoms with van der Waals surface area (Å²) in [6.45, 7) is 4.33. The van der Waals surface area contributed by atoms with Gasteiger partial charge in [-0.3, -0.25) is 14.4 Å². The molecule has 0 bridgehead atoms. The van der Waals surface area contributed by atoms with Gasteiger partial charge in [-0.25, -0.2) is 13.2 Å². The highest BCUT2D eigenvalue weighted by Crippen LogP contribution is 2.31. The third-order valence-corrected chi connectivity index (χ3v) is 4.52. The molecule has 0 unspecified atom stereocenters. The fraction of sp³-hybridized carbons (Fsp3) is 0.550. The molecule has 17 heteroatoms. The molecule has 208 valence electrons. The largest absolute Gasteiger partial charge is 0.741 e. The van der Waals surface area contributed by atoms with E-state index in [0.717, 1.165) is 25.3 Å². The first-order chi connectivity index (χ1) is 18.6. The van der Waals surface area contributed by atoms with Crippen molar-refractivity contribution in [2.24, 2.45) is 0 Å². The fourth-order valence-corrected chi connectivity index (χ4v) is 2.65. The monoisotopic (exact) mass is 563 g/mol. The third-order valence-electron chi connectivity index (χ3n) is 3.95. The van der Waals surface area contributed by atoms with Gasteiger partial charge in [0, 0.05) is 26.8 Å². The minimum atomic E-state index is -6.09. The van der Waals surface area contributed by atoms with Crippen LogP contribution in [0.4, 0.5) is 13.2 Å². The van der Waals surface area contributed by atoms with E-state index in [2.05, 4.69) is 0 Å². The van der Waals surface area contributed by atoms with E-state index < -0.39 is 101 Å². The van der Waals surface area contributed by atoms with Crippen LogP contribution >= 0.6 is 0 Å². The van der Waals surface area contributed by atoms with Crippen LogP contribution < -0.4 is 4.57 Å². The van der Waals surface area contributed by atoms with Gasteiger partial charge in [-0.2, -0.15) is 17.7 Å². The Kier molecular flexibility index (Phi) is 9.11. The van der Waals surface area contributed by atoms with Crippen molar-refractivity contribution in [3.8, 4) is 0 Å². The van der Waals surface area contributed by atoms with Crippen LogP contribution in [0, 0.1) is 0 Å². The maximum absolute atomic E-state index is 12.4. The fourth-order valence-electron chi connectivity index (χ4n) is 2.65. The number of pyridine rings is 1. The second-order valence-electron chi connectivity index (χ2n) is 6.85. The van der Waals surface area contributed by atoms with E-state index >= 15 is 0 Å². The Morgan fingerprint density at radius 1 is 1.08 bits per heavy atom. The van der Waals surface area contributed by atoms with Gasteiger partial charge >= 0.3 is 35.6 Å². The maximum atomic E-state index is 12.4. The highest BCUT2D eigenvalue weighted by Gasteiger charge is 2.54. The lowest BCUT2D eigenvalue weighted by Crippen LogP contribution is -2.48. The van der Waals surface area contributed by atoms with Crippen LogP contribution in [-0.2, 0) is 48.2 Å². The second-order valence-corrected chi connectivity index (χ2v) is 8.23. The number of aromatic nitrogens is 1. The van der Waals surface area contributed by atoms with Crippen molar-refractivity contribution >= 4 is 34.0 Å². The minimum Gasteiger partial charge on any atom is -0.741 e. The zero-order valence-electron chi connectivity index (χ0n) is 23.6. The molecule has 0 amide bonds. The number of hydrogen-bond donors (Lipinski definition) is 0. The van der Waals surface area contributed by atoms with Gasteiger partial charge in [0.25, 0.3) is 0 Å². The van der Waals surface area contributed by atoms with E-state index in [9.17, 15) is 32.3 Å². The molecule has 0 saturated carbocycles. The van der Waals surface area contributed by atoms with E-state index in [1.54, 1.807) is 0 Å². The van der Waals surface area contributed by atoms with E-state index in [1.807, 2.05) is 0 Å². The zero-order valence-corrected chi connectivity index (χ0v) is 20.4. The number of esters is 4. The summed E-state index contributed by atoms with van der Waals surface area (Å²) in [6, 6.07) is -1.42. The molecule has 1 saturated heterocycles. The van der Waals surface area contributed by atoms with Crippen LogP contribution in [0.1, 0.15) is 49.8 Å². The number of ether oxygens (including phenoxy) is 5. The molecule has 0 radical (unpaired) electrons. The average Bonchev–Trinajstić information content (AvgIpc) is 3.11. The topological polar surface area (TPSA) is 176 Å². The van der Waals surface area contributed by atoms with Crippen LogP contribution in [0.15, 0.2) is 24.4 Å². The molecule has 13 nitrogen and oxygen atoms in total. The highest BCUT2D eigenvalue weighted by atomic mass is 32.2. The third kappa shape index (κ3) is 9.93. The Hall–Kier alpha value is -3.31. The molecule has 2 heterocycles. The maximum Gasteiger partial charge on any atom is 0.485 e. The Labute approximate surface area is 214 Å². The Balaban J connectivity index is 0.000000915. The molecule has 0 spiro atoms. The predicted molar refractivity (Wildman–Crippen MR) is 110 cm³/mol. The van der Waals surface area contributed by atoms with Gasteiger partial charge < -0.3 is 28.2 Å². The van der Waals surface area contributed by atoms with Gasteiger partial charge in [0.2, 0.25) is 6.10 Å². The summed E-state index contributed by atoms with van der Waals surface area (Å²) in [7, 11) is -6.09.